The zero-order chi connectivity index (χ0) is 16.8. The van der Waals surface area contributed by atoms with Crippen molar-refractivity contribution in [3.63, 3.8) is 0 Å². The normalized spacial score (nSPS) is 18.4. The second-order valence-electron chi connectivity index (χ2n) is 6.85. The van der Waals surface area contributed by atoms with Crippen LogP contribution in [-0.4, -0.2) is 15.1 Å². The van der Waals surface area contributed by atoms with Gasteiger partial charge in [-0.15, -0.1) is 0 Å². The molecule has 130 valence electrons. The number of aryl methyl sites for hydroxylation is 1. The average molecular weight is 328 g/mol. The van der Waals surface area contributed by atoms with Crippen molar-refractivity contribution in [3.8, 4) is 0 Å². The number of nitrogens with one attached hydrogen (secondary N) is 1. The van der Waals surface area contributed by atoms with E-state index < -0.39 is 0 Å². The van der Waals surface area contributed by atoms with Crippen molar-refractivity contribution in [2.45, 2.75) is 70.9 Å². The Morgan fingerprint density at radius 1 is 1.29 bits per heavy atom. The zero-order valence-electron chi connectivity index (χ0n) is 14.7. The number of rotatable bonds is 7. The molecule has 3 rings (SSSR count). The molecular weight excluding hydrogens is 300 g/mol. The highest BCUT2D eigenvalue weighted by Crippen LogP contribution is 2.35. The first-order valence-electron chi connectivity index (χ1n) is 9.26. The highest BCUT2D eigenvalue weighted by molar-refractivity contribution is 5.16. The van der Waals surface area contributed by atoms with E-state index in [0.29, 0.717) is 11.8 Å². The Balaban J connectivity index is 1.74. The monoisotopic (exact) mass is 328 g/mol. The highest BCUT2D eigenvalue weighted by Gasteiger charge is 2.28. The van der Waals surface area contributed by atoms with Crippen molar-refractivity contribution in [2.75, 3.05) is 0 Å². The quantitative estimate of drug-likeness (QED) is 0.816. The molecule has 5 heteroatoms. The summed E-state index contributed by atoms with van der Waals surface area (Å²) in [6.07, 6.45) is 12.2. The topological polar surface area (TPSA) is 63.8 Å². The Kier molecular flexibility index (Phi) is 5.96. The molecule has 2 aromatic heterocycles. The number of hydrogen-bond acceptors (Lipinski definition) is 5. The van der Waals surface area contributed by atoms with Crippen LogP contribution in [0.5, 0.6) is 0 Å². The molecule has 1 aliphatic carbocycles. The van der Waals surface area contributed by atoms with Crippen LogP contribution in [-0.2, 0) is 6.42 Å². The third kappa shape index (κ3) is 4.20. The van der Waals surface area contributed by atoms with E-state index in [9.17, 15) is 0 Å². The number of aromatic nitrogens is 3. The van der Waals surface area contributed by atoms with Gasteiger partial charge in [-0.25, -0.2) is 0 Å². The molecule has 0 aromatic carbocycles. The maximum atomic E-state index is 5.46. The number of nitrogens with zero attached hydrogens (tertiary/aromatic N) is 3. The van der Waals surface area contributed by atoms with Gasteiger partial charge in [-0.2, -0.15) is 4.98 Å². The zero-order valence-corrected chi connectivity index (χ0v) is 14.7. The molecule has 1 fully saturated rings. The number of hydrogen-bond donors (Lipinski definition) is 1. The van der Waals surface area contributed by atoms with Crippen molar-refractivity contribution in [1.82, 2.24) is 20.4 Å². The van der Waals surface area contributed by atoms with Crippen LogP contribution < -0.4 is 5.32 Å². The molecule has 1 N–H and O–H groups in total. The predicted molar refractivity (Wildman–Crippen MR) is 93.4 cm³/mol. The molecule has 24 heavy (non-hydrogen) atoms. The van der Waals surface area contributed by atoms with Crippen LogP contribution in [0.1, 0.15) is 81.7 Å². The summed E-state index contributed by atoms with van der Waals surface area (Å²) in [6, 6.07) is 4.51. The van der Waals surface area contributed by atoms with E-state index in [0.717, 1.165) is 18.7 Å². The maximum Gasteiger partial charge on any atom is 0.243 e. The molecule has 2 aromatic rings. The van der Waals surface area contributed by atoms with Gasteiger partial charge in [0, 0.05) is 24.9 Å². The predicted octanol–water partition coefficient (Wildman–Crippen LogP) is 4.39. The van der Waals surface area contributed by atoms with E-state index in [-0.39, 0.29) is 12.1 Å². The fourth-order valence-corrected chi connectivity index (χ4v) is 3.64. The van der Waals surface area contributed by atoms with Gasteiger partial charge in [-0.05, 0) is 43.7 Å². The lowest BCUT2D eigenvalue weighted by atomic mass is 9.81. The molecule has 5 nitrogen and oxygen atoms in total. The Labute approximate surface area is 144 Å². The minimum atomic E-state index is 0.0373. The van der Waals surface area contributed by atoms with Crippen LogP contribution in [0.3, 0.4) is 0 Å². The lowest BCUT2D eigenvalue weighted by molar-refractivity contribution is 0.239. The van der Waals surface area contributed by atoms with Gasteiger partial charge in [0.15, 0.2) is 5.82 Å². The van der Waals surface area contributed by atoms with Gasteiger partial charge in [0.1, 0.15) is 0 Å². The van der Waals surface area contributed by atoms with Crippen LogP contribution in [0.25, 0.3) is 0 Å². The first-order valence-corrected chi connectivity index (χ1v) is 9.26. The van der Waals surface area contributed by atoms with E-state index in [1.54, 1.807) is 0 Å². The van der Waals surface area contributed by atoms with E-state index in [2.05, 4.69) is 40.4 Å². The van der Waals surface area contributed by atoms with Crippen molar-refractivity contribution >= 4 is 0 Å². The molecule has 0 amide bonds. The summed E-state index contributed by atoms with van der Waals surface area (Å²) in [5.74, 6) is 2.13. The summed E-state index contributed by atoms with van der Waals surface area (Å²) >= 11 is 0. The minimum absolute atomic E-state index is 0.0373. The average Bonchev–Trinajstić information content (AvgIpc) is 3.10. The van der Waals surface area contributed by atoms with Crippen LogP contribution in [0, 0.1) is 5.92 Å². The summed E-state index contributed by atoms with van der Waals surface area (Å²) in [7, 11) is 0. The Bertz CT molecular complexity index is 607. The molecule has 0 radical (unpaired) electrons. The van der Waals surface area contributed by atoms with Gasteiger partial charge in [0.05, 0.1) is 6.04 Å². The van der Waals surface area contributed by atoms with Gasteiger partial charge in [-0.1, -0.05) is 37.4 Å². The molecule has 0 aliphatic heterocycles. The van der Waals surface area contributed by atoms with E-state index in [1.165, 1.54) is 37.7 Å². The lowest BCUT2D eigenvalue weighted by Crippen LogP contribution is -2.32. The van der Waals surface area contributed by atoms with E-state index in [1.807, 2.05) is 18.5 Å². The summed E-state index contributed by atoms with van der Waals surface area (Å²) in [5, 5.41) is 7.82. The van der Waals surface area contributed by atoms with Crippen molar-refractivity contribution in [3.05, 3.63) is 41.8 Å². The maximum absolute atomic E-state index is 5.46. The molecule has 2 heterocycles. The fourth-order valence-electron chi connectivity index (χ4n) is 3.64. The van der Waals surface area contributed by atoms with Crippen LogP contribution in [0.15, 0.2) is 29.0 Å². The molecule has 1 aliphatic rings. The Morgan fingerprint density at radius 3 is 2.83 bits per heavy atom. The highest BCUT2D eigenvalue weighted by atomic mass is 16.5. The molecule has 0 spiro atoms. The van der Waals surface area contributed by atoms with Gasteiger partial charge in [0.25, 0.3) is 0 Å². The largest absolute Gasteiger partial charge is 0.338 e. The second kappa shape index (κ2) is 8.38. The molecule has 0 bridgehead atoms. The molecule has 1 saturated carbocycles. The van der Waals surface area contributed by atoms with Crippen molar-refractivity contribution < 1.29 is 4.52 Å². The van der Waals surface area contributed by atoms with Gasteiger partial charge < -0.3 is 4.52 Å². The summed E-state index contributed by atoms with van der Waals surface area (Å²) in [5.41, 5.74) is 1.25. The summed E-state index contributed by atoms with van der Waals surface area (Å²) in [4.78, 5) is 8.85. The number of pyridine rings is 1. The lowest BCUT2D eigenvalue weighted by Gasteiger charge is -2.32. The molecule has 0 saturated heterocycles. The van der Waals surface area contributed by atoms with Gasteiger partial charge in [0.2, 0.25) is 5.89 Å². The smallest absolute Gasteiger partial charge is 0.243 e. The molecule has 2 atom stereocenters. The van der Waals surface area contributed by atoms with Gasteiger partial charge >= 0.3 is 0 Å². The molecular formula is C19H28N4O. The minimum Gasteiger partial charge on any atom is -0.338 e. The summed E-state index contributed by atoms with van der Waals surface area (Å²) < 4.78 is 5.46. The SMILES string of the molecule is CCCc1noc([C@H](C)N[C@H](c2cccnc2)C2CCCCC2)n1. The van der Waals surface area contributed by atoms with Crippen molar-refractivity contribution in [1.29, 1.82) is 0 Å². The second-order valence-corrected chi connectivity index (χ2v) is 6.85. The molecule has 0 unspecified atom stereocenters. The first-order chi connectivity index (χ1) is 11.8. The Morgan fingerprint density at radius 2 is 2.12 bits per heavy atom. The van der Waals surface area contributed by atoms with Crippen LogP contribution in [0.4, 0.5) is 0 Å². The standard InChI is InChI=1S/C19H28N4O/c1-3-8-17-22-19(24-23-17)14(2)21-18(15-9-5-4-6-10-15)16-11-7-12-20-13-16/h7,11-15,18,21H,3-6,8-10H2,1-2H3/t14-,18-/m0/s1. The van der Waals surface area contributed by atoms with Gasteiger partial charge in [-0.3, -0.25) is 10.3 Å². The van der Waals surface area contributed by atoms with E-state index >= 15 is 0 Å². The fraction of sp³-hybridized carbons (Fsp3) is 0.632. The van der Waals surface area contributed by atoms with Crippen molar-refractivity contribution in [2.24, 2.45) is 5.92 Å². The summed E-state index contributed by atoms with van der Waals surface area (Å²) in [6.45, 7) is 4.23. The third-order valence-corrected chi connectivity index (χ3v) is 4.92. The van der Waals surface area contributed by atoms with E-state index in [4.69, 9.17) is 4.52 Å². The third-order valence-electron chi connectivity index (χ3n) is 4.92. The first kappa shape index (κ1) is 17.1. The van der Waals surface area contributed by atoms with Crippen LogP contribution >= 0.6 is 0 Å². The van der Waals surface area contributed by atoms with Crippen LogP contribution in [0.2, 0.25) is 0 Å². The Hall–Kier alpha value is -1.75.